The summed E-state index contributed by atoms with van der Waals surface area (Å²) in [6.07, 6.45) is 10.7. The Labute approximate surface area is 208 Å². The van der Waals surface area contributed by atoms with Gasteiger partial charge in [0.05, 0.1) is 24.6 Å². The van der Waals surface area contributed by atoms with Crippen LogP contribution in [0.15, 0.2) is 42.9 Å². The molecular formula is C25H30N10O. The largest absolute Gasteiger partial charge is 0.369 e. The molecule has 4 aromatic rings. The first kappa shape index (κ1) is 22.6. The number of nitrogens with zero attached hydrogens (tertiary/aromatic N) is 8. The molecule has 1 aromatic carbocycles. The zero-order valence-corrected chi connectivity index (χ0v) is 20.1. The van der Waals surface area contributed by atoms with Gasteiger partial charge in [-0.1, -0.05) is 17.3 Å². The highest BCUT2D eigenvalue weighted by Crippen LogP contribution is 2.27. The summed E-state index contributed by atoms with van der Waals surface area (Å²) in [6.45, 7) is 4.35. The minimum Gasteiger partial charge on any atom is -0.369 e. The van der Waals surface area contributed by atoms with Crippen molar-refractivity contribution < 1.29 is 4.79 Å². The van der Waals surface area contributed by atoms with Crippen LogP contribution in [0.5, 0.6) is 0 Å². The zero-order valence-electron chi connectivity index (χ0n) is 20.1. The fraction of sp³-hybridized carbons (Fsp3) is 0.440. The highest BCUT2D eigenvalue weighted by atomic mass is 16.1. The van der Waals surface area contributed by atoms with Gasteiger partial charge < -0.3 is 16.0 Å². The number of amides is 1. The molecule has 0 spiro atoms. The molecule has 1 aliphatic heterocycles. The Morgan fingerprint density at radius 2 is 1.89 bits per heavy atom. The lowest BCUT2D eigenvalue weighted by atomic mass is 10.1. The molecule has 0 radical (unpaired) electrons. The van der Waals surface area contributed by atoms with Gasteiger partial charge in [0.25, 0.3) is 0 Å². The predicted octanol–water partition coefficient (Wildman–Crippen LogP) is 2.24. The number of nitrogens with one attached hydrogen (secondary N) is 1. The monoisotopic (exact) mass is 486 g/mol. The quantitative estimate of drug-likeness (QED) is 0.387. The Balaban J connectivity index is 1.16. The lowest BCUT2D eigenvalue weighted by molar-refractivity contribution is -0.121. The molecule has 1 aliphatic carbocycles. The summed E-state index contributed by atoms with van der Waals surface area (Å²) in [5.74, 6) is 0.170. The number of hydrogen-bond donors (Lipinski definition) is 2. The van der Waals surface area contributed by atoms with E-state index in [9.17, 15) is 4.79 Å². The van der Waals surface area contributed by atoms with Crippen molar-refractivity contribution in [1.82, 2.24) is 39.6 Å². The topological polar surface area (TPSA) is 133 Å². The Morgan fingerprint density at radius 3 is 2.67 bits per heavy atom. The summed E-state index contributed by atoms with van der Waals surface area (Å²) in [7, 11) is 0. The van der Waals surface area contributed by atoms with Crippen molar-refractivity contribution in [2.24, 2.45) is 11.7 Å². The third-order valence-electron chi connectivity index (χ3n) is 7.28. The SMILES string of the molecule is NC(=O)C1CCC(Nc2ncc3nnn(-c4ccc(-c5cnn(CCN6CCCC6)c5)cc4)c3n2)C1. The lowest BCUT2D eigenvalue weighted by Gasteiger charge is -2.13. The van der Waals surface area contributed by atoms with Crippen LogP contribution in [0.25, 0.3) is 28.0 Å². The van der Waals surface area contributed by atoms with Gasteiger partial charge in [-0.3, -0.25) is 9.48 Å². The number of likely N-dealkylation sites (tertiary alicyclic amines) is 1. The molecule has 2 aliphatic rings. The number of fused-ring (bicyclic) bond motifs is 1. The number of carbonyl (C=O) groups excluding carboxylic acids is 1. The van der Waals surface area contributed by atoms with Crippen LogP contribution in [0.3, 0.4) is 0 Å². The van der Waals surface area contributed by atoms with Crippen LogP contribution in [0.2, 0.25) is 0 Å². The average Bonchev–Trinajstić information content (AvgIpc) is 3.70. The van der Waals surface area contributed by atoms with Gasteiger partial charge in [-0.05, 0) is 62.9 Å². The molecule has 1 saturated heterocycles. The van der Waals surface area contributed by atoms with Crippen LogP contribution in [-0.2, 0) is 11.3 Å². The molecule has 11 heteroatoms. The summed E-state index contributed by atoms with van der Waals surface area (Å²) >= 11 is 0. The van der Waals surface area contributed by atoms with Crippen molar-refractivity contribution >= 4 is 23.0 Å². The first-order valence-electron chi connectivity index (χ1n) is 12.6. The summed E-state index contributed by atoms with van der Waals surface area (Å²) in [6, 6.07) is 8.27. The smallest absolute Gasteiger partial charge is 0.225 e. The molecule has 36 heavy (non-hydrogen) atoms. The molecule has 186 valence electrons. The van der Waals surface area contributed by atoms with Crippen molar-refractivity contribution in [3.05, 3.63) is 42.9 Å². The van der Waals surface area contributed by atoms with Crippen LogP contribution < -0.4 is 11.1 Å². The van der Waals surface area contributed by atoms with Gasteiger partial charge in [0.15, 0.2) is 11.2 Å². The minimum atomic E-state index is -0.240. The number of rotatable bonds is 8. The van der Waals surface area contributed by atoms with E-state index in [0.29, 0.717) is 23.5 Å². The molecule has 11 nitrogen and oxygen atoms in total. The van der Waals surface area contributed by atoms with Crippen LogP contribution >= 0.6 is 0 Å². The standard InChI is InChI=1S/C25H30N10O/c26-23(36)18-3-6-20(13-18)29-25-27-15-22-24(30-25)35(32-31-22)21-7-4-17(5-8-21)19-14-28-34(16-19)12-11-33-9-1-2-10-33/h4-5,7-8,14-16,18,20H,1-3,6,9-13H2,(H2,26,36)(H,27,29,30). The number of nitrogens with two attached hydrogens (primary N) is 1. The van der Waals surface area contributed by atoms with Gasteiger partial charge in [0, 0.05) is 30.3 Å². The van der Waals surface area contributed by atoms with Gasteiger partial charge in [-0.2, -0.15) is 14.8 Å². The van der Waals surface area contributed by atoms with E-state index in [2.05, 4.69) is 53.9 Å². The maximum atomic E-state index is 11.5. The summed E-state index contributed by atoms with van der Waals surface area (Å²) in [4.78, 5) is 23.0. The van der Waals surface area contributed by atoms with E-state index < -0.39 is 0 Å². The third-order valence-corrected chi connectivity index (χ3v) is 7.28. The highest BCUT2D eigenvalue weighted by molar-refractivity contribution is 5.77. The Bertz CT molecular complexity index is 1350. The Kier molecular flexibility index (Phi) is 6.06. The highest BCUT2D eigenvalue weighted by Gasteiger charge is 2.29. The maximum Gasteiger partial charge on any atom is 0.225 e. The van der Waals surface area contributed by atoms with Crippen molar-refractivity contribution in [2.45, 2.75) is 44.7 Å². The molecule has 6 rings (SSSR count). The first-order valence-corrected chi connectivity index (χ1v) is 12.6. The molecule has 2 atom stereocenters. The number of primary amides is 1. The number of carbonyl (C=O) groups is 1. The summed E-state index contributed by atoms with van der Waals surface area (Å²) in [5.41, 5.74) is 9.75. The van der Waals surface area contributed by atoms with Crippen LogP contribution in [0.4, 0.5) is 5.95 Å². The van der Waals surface area contributed by atoms with E-state index in [0.717, 1.165) is 42.7 Å². The number of anilines is 1. The molecule has 0 bridgehead atoms. The number of aromatic nitrogens is 7. The van der Waals surface area contributed by atoms with Crippen LogP contribution in [-0.4, -0.2) is 71.2 Å². The molecule has 1 saturated carbocycles. The van der Waals surface area contributed by atoms with E-state index in [1.807, 2.05) is 23.0 Å². The second-order valence-corrected chi connectivity index (χ2v) is 9.75. The summed E-state index contributed by atoms with van der Waals surface area (Å²) in [5, 5.41) is 16.4. The van der Waals surface area contributed by atoms with Gasteiger partial charge in [0.2, 0.25) is 11.9 Å². The van der Waals surface area contributed by atoms with Gasteiger partial charge in [0.1, 0.15) is 0 Å². The fourth-order valence-corrected chi connectivity index (χ4v) is 5.21. The second-order valence-electron chi connectivity index (χ2n) is 9.75. The van der Waals surface area contributed by atoms with Crippen LogP contribution in [0, 0.1) is 5.92 Å². The van der Waals surface area contributed by atoms with E-state index in [1.54, 1.807) is 10.9 Å². The van der Waals surface area contributed by atoms with Crippen molar-refractivity contribution in [1.29, 1.82) is 0 Å². The molecule has 3 N–H and O–H groups in total. The second kappa shape index (κ2) is 9.65. The molecule has 2 unspecified atom stereocenters. The van der Waals surface area contributed by atoms with Gasteiger partial charge in [-0.25, -0.2) is 4.98 Å². The minimum absolute atomic E-state index is 0.0888. The molecule has 3 aromatic heterocycles. The third kappa shape index (κ3) is 4.66. The molecule has 1 amide bonds. The van der Waals surface area contributed by atoms with E-state index in [1.165, 1.54) is 25.9 Å². The first-order chi connectivity index (χ1) is 17.6. The van der Waals surface area contributed by atoms with Gasteiger partial charge in [-0.15, -0.1) is 5.10 Å². The van der Waals surface area contributed by atoms with Crippen molar-refractivity contribution in [3.63, 3.8) is 0 Å². The van der Waals surface area contributed by atoms with Crippen molar-refractivity contribution in [2.75, 3.05) is 25.0 Å². The Morgan fingerprint density at radius 1 is 1.06 bits per heavy atom. The average molecular weight is 487 g/mol. The fourth-order valence-electron chi connectivity index (χ4n) is 5.21. The van der Waals surface area contributed by atoms with Gasteiger partial charge >= 0.3 is 0 Å². The normalized spacial score (nSPS) is 20.3. The summed E-state index contributed by atoms with van der Waals surface area (Å²) < 4.78 is 3.74. The zero-order chi connectivity index (χ0) is 24.5. The molecule has 4 heterocycles. The molecular weight excluding hydrogens is 456 g/mol. The maximum absolute atomic E-state index is 11.5. The van der Waals surface area contributed by atoms with Crippen molar-refractivity contribution in [3.8, 4) is 16.8 Å². The van der Waals surface area contributed by atoms with E-state index in [4.69, 9.17) is 5.73 Å². The van der Waals surface area contributed by atoms with E-state index in [-0.39, 0.29) is 17.9 Å². The number of hydrogen-bond acceptors (Lipinski definition) is 8. The number of benzene rings is 1. The lowest BCUT2D eigenvalue weighted by Crippen LogP contribution is -2.24. The molecule has 2 fully saturated rings. The Hall–Kier alpha value is -3.86. The predicted molar refractivity (Wildman–Crippen MR) is 135 cm³/mol. The van der Waals surface area contributed by atoms with Crippen LogP contribution in [0.1, 0.15) is 32.1 Å². The van der Waals surface area contributed by atoms with E-state index >= 15 is 0 Å².